The normalized spacial score (nSPS) is 26.9. The molecule has 124 valence electrons. The summed E-state index contributed by atoms with van der Waals surface area (Å²) < 4.78 is 16.8. The van der Waals surface area contributed by atoms with Crippen molar-refractivity contribution in [3.8, 4) is 11.5 Å². The molecule has 1 aromatic carbocycles. The molecule has 0 radical (unpaired) electrons. The molecule has 0 unspecified atom stereocenters. The number of ether oxygens (including phenoxy) is 3. The van der Waals surface area contributed by atoms with Gasteiger partial charge in [0.25, 0.3) is 0 Å². The third-order valence-corrected chi connectivity index (χ3v) is 4.89. The molecular formula is C17H22N2O4. The van der Waals surface area contributed by atoms with Crippen LogP contribution in [0.5, 0.6) is 11.5 Å². The van der Waals surface area contributed by atoms with Gasteiger partial charge in [-0.05, 0) is 17.7 Å². The summed E-state index contributed by atoms with van der Waals surface area (Å²) in [6.45, 7) is 6.85. The minimum Gasteiger partial charge on any atom is -0.454 e. The molecule has 2 saturated heterocycles. The Hall–Kier alpha value is -1.79. The summed E-state index contributed by atoms with van der Waals surface area (Å²) in [7, 11) is 0. The molecule has 4 rings (SSSR count). The number of amides is 1. The predicted molar refractivity (Wildman–Crippen MR) is 83.3 cm³/mol. The van der Waals surface area contributed by atoms with Gasteiger partial charge >= 0.3 is 0 Å². The van der Waals surface area contributed by atoms with Crippen LogP contribution in [-0.2, 0) is 16.1 Å². The van der Waals surface area contributed by atoms with E-state index in [-0.39, 0.29) is 12.0 Å². The second kappa shape index (κ2) is 6.02. The zero-order valence-corrected chi connectivity index (χ0v) is 13.4. The average molecular weight is 318 g/mol. The summed E-state index contributed by atoms with van der Waals surface area (Å²) in [5.41, 5.74) is 1.22. The largest absolute Gasteiger partial charge is 0.454 e. The summed E-state index contributed by atoms with van der Waals surface area (Å²) in [4.78, 5) is 16.0. The van der Waals surface area contributed by atoms with Crippen LogP contribution in [0.1, 0.15) is 12.5 Å². The second-order valence-corrected chi connectivity index (χ2v) is 6.52. The zero-order valence-electron chi connectivity index (χ0n) is 13.4. The molecule has 6 nitrogen and oxygen atoms in total. The summed E-state index contributed by atoms with van der Waals surface area (Å²) in [6.07, 6.45) is 0.230. The molecule has 0 aromatic heterocycles. The number of hydrogen-bond donors (Lipinski definition) is 0. The monoisotopic (exact) mass is 318 g/mol. The van der Waals surface area contributed by atoms with Crippen molar-refractivity contribution in [2.75, 3.05) is 39.6 Å². The van der Waals surface area contributed by atoms with Gasteiger partial charge in [-0.25, -0.2) is 0 Å². The zero-order chi connectivity index (χ0) is 15.8. The third kappa shape index (κ3) is 3.01. The summed E-state index contributed by atoms with van der Waals surface area (Å²) in [6, 6.07) is 6.11. The number of nitrogens with zero attached hydrogens (tertiary/aromatic N) is 2. The van der Waals surface area contributed by atoms with Crippen LogP contribution in [-0.4, -0.2) is 61.4 Å². The summed E-state index contributed by atoms with van der Waals surface area (Å²) in [5.74, 6) is 2.19. The van der Waals surface area contributed by atoms with Crippen molar-refractivity contribution >= 4 is 5.91 Å². The maximum Gasteiger partial charge on any atom is 0.231 e. The Labute approximate surface area is 135 Å². The lowest BCUT2D eigenvalue weighted by Gasteiger charge is -2.22. The van der Waals surface area contributed by atoms with E-state index in [9.17, 15) is 4.79 Å². The summed E-state index contributed by atoms with van der Waals surface area (Å²) >= 11 is 0. The predicted octanol–water partition coefficient (Wildman–Crippen LogP) is 1.09. The minimum atomic E-state index is 0.142. The van der Waals surface area contributed by atoms with E-state index in [0.717, 1.165) is 37.7 Å². The number of benzene rings is 1. The molecule has 0 aliphatic carbocycles. The van der Waals surface area contributed by atoms with Crippen LogP contribution < -0.4 is 9.47 Å². The highest BCUT2D eigenvalue weighted by molar-refractivity contribution is 5.73. The van der Waals surface area contributed by atoms with Gasteiger partial charge in [0.2, 0.25) is 12.7 Å². The van der Waals surface area contributed by atoms with Crippen LogP contribution in [0.15, 0.2) is 18.2 Å². The van der Waals surface area contributed by atoms with Crippen molar-refractivity contribution in [1.29, 1.82) is 0 Å². The maximum atomic E-state index is 11.7. The number of carbonyl (C=O) groups is 1. The Bertz CT molecular complexity index is 606. The first-order valence-corrected chi connectivity index (χ1v) is 8.17. The van der Waals surface area contributed by atoms with Crippen LogP contribution in [0.2, 0.25) is 0 Å². The number of rotatable bonds is 2. The third-order valence-electron chi connectivity index (χ3n) is 4.89. The first-order chi connectivity index (χ1) is 11.2. The van der Waals surface area contributed by atoms with E-state index in [1.165, 1.54) is 5.56 Å². The van der Waals surface area contributed by atoms with Crippen molar-refractivity contribution in [3.05, 3.63) is 23.8 Å². The van der Waals surface area contributed by atoms with Gasteiger partial charge in [0, 0.05) is 45.6 Å². The molecule has 0 spiro atoms. The van der Waals surface area contributed by atoms with E-state index in [1.807, 2.05) is 11.0 Å². The highest BCUT2D eigenvalue weighted by atomic mass is 16.7. The van der Waals surface area contributed by atoms with Crippen LogP contribution in [0.4, 0.5) is 0 Å². The fraction of sp³-hybridized carbons (Fsp3) is 0.588. The van der Waals surface area contributed by atoms with E-state index in [1.54, 1.807) is 6.92 Å². The Morgan fingerprint density at radius 1 is 1.22 bits per heavy atom. The van der Waals surface area contributed by atoms with Gasteiger partial charge in [0.15, 0.2) is 11.5 Å². The van der Waals surface area contributed by atoms with Crippen LogP contribution in [0.25, 0.3) is 0 Å². The van der Waals surface area contributed by atoms with Gasteiger partial charge in [-0.15, -0.1) is 0 Å². The highest BCUT2D eigenvalue weighted by Gasteiger charge is 2.37. The summed E-state index contributed by atoms with van der Waals surface area (Å²) in [5, 5.41) is 0. The molecule has 6 heteroatoms. The fourth-order valence-corrected chi connectivity index (χ4v) is 3.69. The molecule has 0 saturated carbocycles. The van der Waals surface area contributed by atoms with E-state index in [0.29, 0.717) is 25.9 Å². The first kappa shape index (κ1) is 14.8. The fourth-order valence-electron chi connectivity index (χ4n) is 3.69. The number of likely N-dealkylation sites (tertiary alicyclic amines) is 1. The molecule has 2 fully saturated rings. The highest BCUT2D eigenvalue weighted by Crippen LogP contribution is 2.33. The number of hydrogen-bond acceptors (Lipinski definition) is 5. The number of carbonyl (C=O) groups excluding carboxylic acids is 1. The van der Waals surface area contributed by atoms with Gasteiger partial charge in [-0.2, -0.15) is 0 Å². The molecule has 23 heavy (non-hydrogen) atoms. The molecule has 1 amide bonds. The molecule has 3 aliphatic rings. The van der Waals surface area contributed by atoms with Crippen LogP contribution in [0, 0.1) is 5.92 Å². The topological polar surface area (TPSA) is 51.2 Å². The van der Waals surface area contributed by atoms with Crippen molar-refractivity contribution in [3.63, 3.8) is 0 Å². The van der Waals surface area contributed by atoms with Gasteiger partial charge in [-0.1, -0.05) is 6.07 Å². The van der Waals surface area contributed by atoms with E-state index in [2.05, 4.69) is 17.0 Å². The lowest BCUT2D eigenvalue weighted by molar-refractivity contribution is -0.129. The first-order valence-electron chi connectivity index (χ1n) is 8.17. The molecule has 2 atom stereocenters. The van der Waals surface area contributed by atoms with Crippen LogP contribution >= 0.6 is 0 Å². The molecule has 0 N–H and O–H groups in total. The smallest absolute Gasteiger partial charge is 0.231 e. The molecule has 3 aliphatic heterocycles. The van der Waals surface area contributed by atoms with Crippen molar-refractivity contribution in [1.82, 2.24) is 9.80 Å². The quantitative estimate of drug-likeness (QED) is 0.817. The van der Waals surface area contributed by atoms with Crippen molar-refractivity contribution < 1.29 is 19.0 Å². The lowest BCUT2D eigenvalue weighted by atomic mass is 10.1. The van der Waals surface area contributed by atoms with Gasteiger partial charge in [0.1, 0.15) is 0 Å². The van der Waals surface area contributed by atoms with Gasteiger partial charge < -0.3 is 19.1 Å². The Morgan fingerprint density at radius 3 is 2.96 bits per heavy atom. The van der Waals surface area contributed by atoms with Crippen molar-refractivity contribution in [2.24, 2.45) is 5.92 Å². The van der Waals surface area contributed by atoms with E-state index < -0.39 is 0 Å². The standard InChI is InChI=1S/C17H22N2O4/c1-12(20)19-4-5-21-17-10-18(8-14(17)9-19)7-13-2-3-15-16(6-13)23-11-22-15/h2-3,6,14,17H,4-5,7-11H2,1H3/t14-,17-/m0/s1. The lowest BCUT2D eigenvalue weighted by Crippen LogP contribution is -2.35. The Morgan fingerprint density at radius 2 is 2.09 bits per heavy atom. The molecule has 0 bridgehead atoms. The molecule has 3 heterocycles. The van der Waals surface area contributed by atoms with E-state index >= 15 is 0 Å². The van der Waals surface area contributed by atoms with Crippen LogP contribution in [0.3, 0.4) is 0 Å². The second-order valence-electron chi connectivity index (χ2n) is 6.52. The van der Waals surface area contributed by atoms with E-state index in [4.69, 9.17) is 14.2 Å². The van der Waals surface area contributed by atoms with Gasteiger partial charge in [0.05, 0.1) is 12.7 Å². The van der Waals surface area contributed by atoms with Gasteiger partial charge in [-0.3, -0.25) is 9.69 Å². The minimum absolute atomic E-state index is 0.142. The Balaban J connectivity index is 1.41. The Kier molecular flexibility index (Phi) is 3.87. The van der Waals surface area contributed by atoms with Crippen molar-refractivity contribution in [2.45, 2.75) is 19.6 Å². The average Bonchev–Trinajstić information content (AvgIpc) is 3.08. The number of fused-ring (bicyclic) bond motifs is 2. The molecule has 1 aromatic rings. The maximum absolute atomic E-state index is 11.7. The SMILES string of the molecule is CC(=O)N1CCO[C@H]2CN(Cc3ccc4c(c3)OCO4)C[C@H]2C1. The molecular weight excluding hydrogens is 296 g/mol.